The first kappa shape index (κ1) is 15.1. The summed E-state index contributed by atoms with van der Waals surface area (Å²) in [6, 6.07) is 9.93. The van der Waals surface area contributed by atoms with Crippen molar-refractivity contribution in [2.75, 3.05) is 6.54 Å². The average Bonchev–Trinajstić information content (AvgIpc) is 2.92. The number of rotatable bonds is 5. The smallest absolute Gasteiger partial charge is 0.324 e. The lowest BCUT2D eigenvalue weighted by atomic mass is 9.99. The summed E-state index contributed by atoms with van der Waals surface area (Å²) in [5.41, 5.74) is 2.75. The number of hydrogen-bond donors (Lipinski definition) is 1. The highest BCUT2D eigenvalue weighted by Gasteiger charge is 2.28. The van der Waals surface area contributed by atoms with Gasteiger partial charge in [-0.2, -0.15) is 5.10 Å². The topological polar surface area (TPSA) is 65.8 Å². The molecule has 1 atom stereocenters. The first-order chi connectivity index (χ1) is 11.1. The second-order valence-electron chi connectivity index (χ2n) is 5.46. The largest absolute Gasteiger partial charge is 0.480 e. The van der Waals surface area contributed by atoms with Crippen molar-refractivity contribution in [2.24, 2.45) is 5.10 Å². The summed E-state index contributed by atoms with van der Waals surface area (Å²) in [4.78, 5) is 15.1. The molecule has 1 aliphatic heterocycles. The molecule has 118 valence electrons. The van der Waals surface area contributed by atoms with E-state index in [4.69, 9.17) is 5.11 Å². The summed E-state index contributed by atoms with van der Waals surface area (Å²) >= 11 is 0. The standard InChI is InChI=1S/C17H16FN3O2/c18-14-3-1-12(2-4-14)9-15-10-16(13-5-7-19-8-6-13)20-21(15)11-17(22)23/h1-8,15H,9-11H2,(H,22,23)/t15-/m0/s1. The molecule has 0 bridgehead atoms. The highest BCUT2D eigenvalue weighted by Crippen LogP contribution is 2.23. The zero-order valence-electron chi connectivity index (χ0n) is 12.4. The number of nitrogens with zero attached hydrogens (tertiary/aromatic N) is 3. The van der Waals surface area contributed by atoms with Crippen LogP contribution in [-0.4, -0.2) is 39.4 Å². The minimum absolute atomic E-state index is 0.0558. The van der Waals surface area contributed by atoms with Gasteiger partial charge in [-0.05, 0) is 36.2 Å². The van der Waals surface area contributed by atoms with E-state index < -0.39 is 5.97 Å². The van der Waals surface area contributed by atoms with Crippen LogP contribution < -0.4 is 0 Å². The molecular weight excluding hydrogens is 297 g/mol. The number of benzene rings is 1. The number of hydrogen-bond acceptors (Lipinski definition) is 4. The summed E-state index contributed by atoms with van der Waals surface area (Å²) in [6.45, 7) is -0.152. The van der Waals surface area contributed by atoms with Crippen molar-refractivity contribution in [1.82, 2.24) is 9.99 Å². The lowest BCUT2D eigenvalue weighted by Crippen LogP contribution is -2.33. The average molecular weight is 313 g/mol. The van der Waals surface area contributed by atoms with Crippen LogP contribution in [0.3, 0.4) is 0 Å². The lowest BCUT2D eigenvalue weighted by Gasteiger charge is -2.21. The fourth-order valence-electron chi connectivity index (χ4n) is 2.70. The molecule has 1 N–H and O–H groups in total. The van der Waals surface area contributed by atoms with Gasteiger partial charge in [-0.25, -0.2) is 4.39 Å². The Morgan fingerprint density at radius 3 is 2.57 bits per heavy atom. The Morgan fingerprint density at radius 1 is 1.22 bits per heavy atom. The fraction of sp³-hybridized carbons (Fsp3) is 0.235. The molecule has 5 nitrogen and oxygen atoms in total. The second-order valence-corrected chi connectivity index (χ2v) is 5.46. The van der Waals surface area contributed by atoms with Crippen LogP contribution in [-0.2, 0) is 11.2 Å². The zero-order chi connectivity index (χ0) is 16.2. The number of carbonyl (C=O) groups is 1. The molecule has 1 aromatic carbocycles. The van der Waals surface area contributed by atoms with Crippen molar-refractivity contribution in [3.05, 3.63) is 65.7 Å². The van der Waals surface area contributed by atoms with Crippen LogP contribution in [0.1, 0.15) is 17.5 Å². The maximum atomic E-state index is 13.0. The molecule has 0 fully saturated rings. The molecule has 23 heavy (non-hydrogen) atoms. The van der Waals surface area contributed by atoms with Crippen LogP contribution in [0.5, 0.6) is 0 Å². The van der Waals surface area contributed by atoms with Gasteiger partial charge in [0.25, 0.3) is 0 Å². The summed E-state index contributed by atoms with van der Waals surface area (Å²) in [6.07, 6.45) is 4.64. The van der Waals surface area contributed by atoms with Gasteiger partial charge in [0.05, 0.1) is 11.8 Å². The third-order valence-electron chi connectivity index (χ3n) is 3.80. The molecule has 0 radical (unpaired) electrons. The summed E-state index contributed by atoms with van der Waals surface area (Å²) in [7, 11) is 0. The predicted octanol–water partition coefficient (Wildman–Crippen LogP) is 2.33. The molecule has 2 aromatic rings. The van der Waals surface area contributed by atoms with Gasteiger partial charge in [0.1, 0.15) is 12.4 Å². The molecule has 0 amide bonds. The summed E-state index contributed by atoms with van der Waals surface area (Å²) < 4.78 is 13.0. The van der Waals surface area contributed by atoms with Crippen molar-refractivity contribution in [2.45, 2.75) is 18.9 Å². The molecule has 0 unspecified atom stereocenters. The van der Waals surface area contributed by atoms with Gasteiger partial charge in [-0.15, -0.1) is 0 Å². The van der Waals surface area contributed by atoms with Crippen LogP contribution in [0.25, 0.3) is 0 Å². The van der Waals surface area contributed by atoms with Crippen molar-refractivity contribution >= 4 is 11.7 Å². The van der Waals surface area contributed by atoms with Crippen LogP contribution in [0.15, 0.2) is 53.9 Å². The van der Waals surface area contributed by atoms with Crippen LogP contribution in [0, 0.1) is 5.82 Å². The lowest BCUT2D eigenvalue weighted by molar-refractivity contribution is -0.138. The summed E-state index contributed by atoms with van der Waals surface area (Å²) in [5.74, 6) is -1.20. The Kier molecular flexibility index (Phi) is 4.32. The Morgan fingerprint density at radius 2 is 1.91 bits per heavy atom. The van der Waals surface area contributed by atoms with E-state index in [0.717, 1.165) is 16.8 Å². The van der Waals surface area contributed by atoms with Crippen molar-refractivity contribution < 1.29 is 14.3 Å². The van der Waals surface area contributed by atoms with Gasteiger partial charge in [-0.1, -0.05) is 12.1 Å². The van der Waals surface area contributed by atoms with Gasteiger partial charge in [-0.3, -0.25) is 14.8 Å². The Bertz CT molecular complexity index is 716. The van der Waals surface area contributed by atoms with Crippen LogP contribution in [0.2, 0.25) is 0 Å². The van der Waals surface area contributed by atoms with Gasteiger partial charge < -0.3 is 5.11 Å². The fourth-order valence-corrected chi connectivity index (χ4v) is 2.70. The number of carboxylic acids is 1. The number of halogens is 1. The third-order valence-corrected chi connectivity index (χ3v) is 3.80. The van der Waals surface area contributed by atoms with Gasteiger partial charge >= 0.3 is 5.97 Å². The third kappa shape index (κ3) is 3.71. The number of aromatic nitrogens is 1. The molecule has 3 rings (SSSR count). The molecule has 0 saturated carbocycles. The van der Waals surface area contributed by atoms with Crippen molar-refractivity contribution in [3.8, 4) is 0 Å². The molecule has 1 aromatic heterocycles. The number of hydrazone groups is 1. The van der Waals surface area contributed by atoms with E-state index in [9.17, 15) is 9.18 Å². The quantitative estimate of drug-likeness (QED) is 0.920. The van der Waals surface area contributed by atoms with Gasteiger partial charge in [0.15, 0.2) is 0 Å². The molecule has 1 aliphatic rings. The molecular formula is C17H16FN3O2. The summed E-state index contributed by atoms with van der Waals surface area (Å²) in [5, 5.41) is 15.1. The molecule has 6 heteroatoms. The van der Waals surface area contributed by atoms with E-state index in [-0.39, 0.29) is 18.4 Å². The van der Waals surface area contributed by atoms with E-state index in [0.29, 0.717) is 12.8 Å². The van der Waals surface area contributed by atoms with E-state index >= 15 is 0 Å². The minimum atomic E-state index is -0.922. The highest BCUT2D eigenvalue weighted by molar-refractivity contribution is 6.01. The molecule has 2 heterocycles. The van der Waals surface area contributed by atoms with E-state index in [1.807, 2.05) is 12.1 Å². The maximum Gasteiger partial charge on any atom is 0.324 e. The monoisotopic (exact) mass is 313 g/mol. The van der Waals surface area contributed by atoms with Crippen molar-refractivity contribution in [1.29, 1.82) is 0 Å². The Hall–Kier alpha value is -2.76. The zero-order valence-corrected chi connectivity index (χ0v) is 12.4. The molecule has 0 aliphatic carbocycles. The molecule has 0 spiro atoms. The van der Waals surface area contributed by atoms with E-state index in [1.54, 1.807) is 29.5 Å². The first-order valence-electron chi connectivity index (χ1n) is 7.32. The number of carboxylic acid groups (broad SMARTS) is 1. The Labute approximate surface area is 133 Å². The SMILES string of the molecule is O=C(O)CN1N=C(c2ccncc2)C[C@@H]1Cc1ccc(F)cc1. The number of pyridine rings is 1. The van der Waals surface area contributed by atoms with Gasteiger partial charge in [0, 0.05) is 24.4 Å². The normalized spacial score (nSPS) is 17.2. The number of aliphatic carboxylic acids is 1. The van der Waals surface area contributed by atoms with Crippen molar-refractivity contribution in [3.63, 3.8) is 0 Å². The second kappa shape index (κ2) is 6.56. The van der Waals surface area contributed by atoms with E-state index in [1.165, 1.54) is 12.1 Å². The Balaban J connectivity index is 1.79. The maximum absolute atomic E-state index is 13.0. The van der Waals surface area contributed by atoms with Gasteiger partial charge in [0.2, 0.25) is 0 Å². The highest BCUT2D eigenvalue weighted by atomic mass is 19.1. The van der Waals surface area contributed by atoms with Crippen LogP contribution in [0.4, 0.5) is 4.39 Å². The first-order valence-corrected chi connectivity index (χ1v) is 7.32. The van der Waals surface area contributed by atoms with Crippen LogP contribution >= 0.6 is 0 Å². The minimum Gasteiger partial charge on any atom is -0.480 e. The predicted molar refractivity (Wildman–Crippen MR) is 83.6 cm³/mol. The molecule has 0 saturated heterocycles. The van der Waals surface area contributed by atoms with E-state index in [2.05, 4.69) is 10.1 Å².